The molecule has 16 heavy (non-hydrogen) atoms. The van der Waals surface area contributed by atoms with Crippen LogP contribution in [0.2, 0.25) is 0 Å². The van der Waals surface area contributed by atoms with Gasteiger partial charge >= 0.3 is 0 Å². The van der Waals surface area contributed by atoms with Crippen LogP contribution < -0.4 is 5.32 Å². The highest BCUT2D eigenvalue weighted by Gasteiger charge is 2.24. The van der Waals surface area contributed by atoms with E-state index < -0.39 is 0 Å². The Morgan fingerprint density at radius 3 is 3.12 bits per heavy atom. The van der Waals surface area contributed by atoms with E-state index in [1.165, 1.54) is 17.3 Å². The highest BCUT2D eigenvalue weighted by Crippen LogP contribution is 2.27. The number of hydrogen-bond acceptors (Lipinski definition) is 4. The predicted octanol–water partition coefficient (Wildman–Crippen LogP) is 2.65. The Morgan fingerprint density at radius 2 is 2.50 bits per heavy atom. The lowest BCUT2D eigenvalue weighted by molar-refractivity contribution is 0.445. The van der Waals surface area contributed by atoms with Gasteiger partial charge in [0.1, 0.15) is 5.76 Å². The Hall–Kier alpha value is -0.0600. The fourth-order valence-corrected chi connectivity index (χ4v) is 4.87. The Kier molecular flexibility index (Phi) is 5.13. The van der Waals surface area contributed by atoms with Crippen molar-refractivity contribution in [3.8, 4) is 0 Å². The quantitative estimate of drug-likeness (QED) is 0.877. The molecule has 1 fully saturated rings. The summed E-state index contributed by atoms with van der Waals surface area (Å²) >= 11 is 4.19. The fourth-order valence-electron chi connectivity index (χ4n) is 1.98. The zero-order chi connectivity index (χ0) is 11.2. The number of furan rings is 1. The molecule has 1 aliphatic heterocycles. The number of rotatable bonds is 5. The molecule has 90 valence electrons. The van der Waals surface area contributed by atoms with Crippen LogP contribution >= 0.6 is 23.5 Å². The van der Waals surface area contributed by atoms with E-state index in [9.17, 15) is 0 Å². The summed E-state index contributed by atoms with van der Waals surface area (Å²) in [5.41, 5.74) is 0. The average molecular weight is 257 g/mol. The largest absolute Gasteiger partial charge is 0.469 e. The summed E-state index contributed by atoms with van der Waals surface area (Å²) in [6.07, 6.45) is 2.78. The van der Waals surface area contributed by atoms with Crippen molar-refractivity contribution in [2.45, 2.75) is 24.6 Å². The van der Waals surface area contributed by atoms with E-state index in [0.717, 1.165) is 24.0 Å². The Labute approximate surface area is 106 Å². The molecular weight excluding hydrogens is 238 g/mol. The number of thioether (sulfide) groups is 2. The monoisotopic (exact) mass is 257 g/mol. The van der Waals surface area contributed by atoms with Crippen LogP contribution in [0.3, 0.4) is 0 Å². The van der Waals surface area contributed by atoms with Gasteiger partial charge in [0.05, 0.1) is 6.26 Å². The highest BCUT2D eigenvalue weighted by molar-refractivity contribution is 8.06. The highest BCUT2D eigenvalue weighted by atomic mass is 32.2. The Balaban J connectivity index is 1.92. The minimum Gasteiger partial charge on any atom is -0.469 e. The van der Waals surface area contributed by atoms with Gasteiger partial charge < -0.3 is 9.73 Å². The maximum atomic E-state index is 5.45. The van der Waals surface area contributed by atoms with Crippen molar-refractivity contribution in [1.82, 2.24) is 5.32 Å². The zero-order valence-corrected chi connectivity index (χ0v) is 11.3. The van der Waals surface area contributed by atoms with Gasteiger partial charge in [0, 0.05) is 35.0 Å². The van der Waals surface area contributed by atoms with Crippen molar-refractivity contribution in [2.75, 3.05) is 23.8 Å². The van der Waals surface area contributed by atoms with Crippen LogP contribution in [0.4, 0.5) is 0 Å². The summed E-state index contributed by atoms with van der Waals surface area (Å²) in [4.78, 5) is 0. The van der Waals surface area contributed by atoms with Crippen molar-refractivity contribution in [3.63, 3.8) is 0 Å². The minimum absolute atomic E-state index is 0.550. The van der Waals surface area contributed by atoms with Crippen molar-refractivity contribution in [2.24, 2.45) is 0 Å². The summed E-state index contributed by atoms with van der Waals surface area (Å²) in [5.74, 6) is 4.96. The first-order valence-electron chi connectivity index (χ1n) is 5.85. The molecule has 0 radical (unpaired) electrons. The third kappa shape index (κ3) is 3.47. The van der Waals surface area contributed by atoms with Gasteiger partial charge in [0.15, 0.2) is 0 Å². The van der Waals surface area contributed by atoms with Gasteiger partial charge in [-0.2, -0.15) is 23.5 Å². The van der Waals surface area contributed by atoms with Crippen LogP contribution in [0.15, 0.2) is 22.8 Å². The first-order valence-corrected chi connectivity index (χ1v) is 8.05. The number of likely N-dealkylation sites (N-methyl/N-ethyl adjacent to an activating group) is 1. The van der Waals surface area contributed by atoms with E-state index in [1.54, 1.807) is 6.26 Å². The summed E-state index contributed by atoms with van der Waals surface area (Å²) in [6, 6.07) is 4.60. The molecule has 2 rings (SSSR count). The van der Waals surface area contributed by atoms with Gasteiger partial charge in [-0.05, 0) is 18.7 Å². The Bertz CT molecular complexity index is 283. The fraction of sp³-hybridized carbons (Fsp3) is 0.667. The second-order valence-corrected chi connectivity index (χ2v) is 6.43. The minimum atomic E-state index is 0.550. The number of nitrogens with one attached hydrogen (secondary N) is 1. The van der Waals surface area contributed by atoms with Crippen LogP contribution in [0, 0.1) is 0 Å². The van der Waals surface area contributed by atoms with Crippen LogP contribution in [0.25, 0.3) is 0 Å². The van der Waals surface area contributed by atoms with Crippen molar-refractivity contribution >= 4 is 23.5 Å². The molecule has 0 bridgehead atoms. The molecule has 0 aliphatic carbocycles. The molecule has 2 atom stereocenters. The van der Waals surface area contributed by atoms with Crippen LogP contribution in [-0.2, 0) is 6.42 Å². The third-order valence-electron chi connectivity index (χ3n) is 2.76. The average Bonchev–Trinajstić information content (AvgIpc) is 2.83. The third-order valence-corrected chi connectivity index (χ3v) is 5.68. The van der Waals surface area contributed by atoms with Gasteiger partial charge in [0.2, 0.25) is 0 Å². The summed E-state index contributed by atoms with van der Waals surface area (Å²) in [7, 11) is 0. The first kappa shape index (κ1) is 12.4. The molecule has 1 saturated heterocycles. The standard InChI is InChI=1S/C12H19NOS2/c1-2-13-11(8-10-4-3-5-14-10)12-9-15-6-7-16-12/h3-5,11-13H,2,6-9H2,1H3. The van der Waals surface area contributed by atoms with E-state index >= 15 is 0 Å². The summed E-state index contributed by atoms with van der Waals surface area (Å²) in [5, 5.41) is 4.32. The molecule has 2 nitrogen and oxygen atoms in total. The van der Waals surface area contributed by atoms with Gasteiger partial charge in [0.25, 0.3) is 0 Å². The van der Waals surface area contributed by atoms with E-state index in [1.807, 2.05) is 6.07 Å². The Morgan fingerprint density at radius 1 is 1.56 bits per heavy atom. The molecule has 0 aromatic carbocycles. The lowest BCUT2D eigenvalue weighted by Crippen LogP contribution is -2.42. The van der Waals surface area contributed by atoms with Gasteiger partial charge in [-0.1, -0.05) is 6.92 Å². The first-order chi connectivity index (χ1) is 7.90. The molecule has 1 aromatic rings. The molecule has 2 heterocycles. The second kappa shape index (κ2) is 6.62. The van der Waals surface area contributed by atoms with Gasteiger partial charge in [-0.25, -0.2) is 0 Å². The maximum Gasteiger partial charge on any atom is 0.105 e. The molecule has 1 aliphatic rings. The SMILES string of the molecule is CCNC(Cc1ccco1)C1CSCCS1. The number of hydrogen-bond donors (Lipinski definition) is 1. The molecule has 1 aromatic heterocycles. The van der Waals surface area contributed by atoms with Gasteiger partial charge in [-0.15, -0.1) is 0 Å². The van der Waals surface area contributed by atoms with E-state index in [0.29, 0.717) is 6.04 Å². The van der Waals surface area contributed by atoms with Crippen LogP contribution in [0.5, 0.6) is 0 Å². The molecule has 0 saturated carbocycles. The zero-order valence-electron chi connectivity index (χ0n) is 9.65. The second-order valence-electron chi connectivity index (χ2n) is 3.93. The summed E-state index contributed by atoms with van der Waals surface area (Å²) < 4.78 is 5.45. The molecule has 4 heteroatoms. The van der Waals surface area contributed by atoms with Crippen molar-refractivity contribution < 1.29 is 4.42 Å². The maximum absolute atomic E-state index is 5.45. The lowest BCUT2D eigenvalue weighted by atomic mass is 10.1. The summed E-state index contributed by atoms with van der Waals surface area (Å²) in [6.45, 7) is 3.21. The normalized spacial score (nSPS) is 23.2. The predicted molar refractivity (Wildman–Crippen MR) is 73.4 cm³/mol. The van der Waals surface area contributed by atoms with Crippen molar-refractivity contribution in [1.29, 1.82) is 0 Å². The van der Waals surface area contributed by atoms with E-state index in [4.69, 9.17) is 4.42 Å². The van der Waals surface area contributed by atoms with Gasteiger partial charge in [-0.3, -0.25) is 0 Å². The van der Waals surface area contributed by atoms with Crippen LogP contribution in [-0.4, -0.2) is 35.1 Å². The lowest BCUT2D eigenvalue weighted by Gasteiger charge is -2.29. The molecule has 2 unspecified atom stereocenters. The molecule has 0 amide bonds. The smallest absolute Gasteiger partial charge is 0.105 e. The molecule has 1 N–H and O–H groups in total. The van der Waals surface area contributed by atoms with Crippen LogP contribution in [0.1, 0.15) is 12.7 Å². The molecule has 0 spiro atoms. The topological polar surface area (TPSA) is 25.2 Å². The van der Waals surface area contributed by atoms with Crippen molar-refractivity contribution in [3.05, 3.63) is 24.2 Å². The van der Waals surface area contributed by atoms with E-state index in [-0.39, 0.29) is 0 Å². The van der Waals surface area contributed by atoms with E-state index in [2.05, 4.69) is 41.8 Å². The molecular formula is C12H19NOS2.